The highest BCUT2D eigenvalue weighted by atomic mass is 16.2. The molecule has 1 amide bonds. The molecule has 0 saturated carbocycles. The maximum Gasteiger partial charge on any atom is 0.266 e. The molecular formula is C19H21N5O2. The number of hydrogen-bond donors (Lipinski definition) is 1. The number of carbonyl (C=O) groups is 1. The van der Waals surface area contributed by atoms with Gasteiger partial charge in [0.2, 0.25) is 0 Å². The van der Waals surface area contributed by atoms with Crippen molar-refractivity contribution < 1.29 is 4.79 Å². The molecule has 7 nitrogen and oxygen atoms in total. The summed E-state index contributed by atoms with van der Waals surface area (Å²) in [5.74, 6) is -0.156. The molecule has 1 N–H and O–H groups in total. The molecule has 26 heavy (non-hydrogen) atoms. The Morgan fingerprint density at radius 3 is 2.35 bits per heavy atom. The lowest BCUT2D eigenvalue weighted by Crippen LogP contribution is -2.49. The van der Waals surface area contributed by atoms with E-state index in [1.165, 1.54) is 6.20 Å². The molecule has 0 aromatic carbocycles. The summed E-state index contributed by atoms with van der Waals surface area (Å²) in [7, 11) is 0. The number of rotatable bonds is 2. The summed E-state index contributed by atoms with van der Waals surface area (Å²) >= 11 is 0. The Hall–Kier alpha value is -3.14. The fourth-order valence-corrected chi connectivity index (χ4v) is 3.31. The van der Waals surface area contributed by atoms with Gasteiger partial charge in [-0.15, -0.1) is 0 Å². The molecule has 0 bridgehead atoms. The zero-order chi connectivity index (χ0) is 18.8. The summed E-state index contributed by atoms with van der Waals surface area (Å²) in [5.41, 5.74) is 3.42. The number of carbonyl (C=O) groups excluding carboxylic acids is 1. The summed E-state index contributed by atoms with van der Waals surface area (Å²) in [4.78, 5) is 35.4. The molecule has 1 fully saturated rings. The van der Waals surface area contributed by atoms with Crippen molar-refractivity contribution in [1.29, 1.82) is 5.26 Å². The largest absolute Gasteiger partial charge is 0.368 e. The fraction of sp³-hybridized carbons (Fsp3) is 0.368. The third kappa shape index (κ3) is 3.31. The van der Waals surface area contributed by atoms with Crippen LogP contribution >= 0.6 is 0 Å². The molecule has 3 heterocycles. The first-order chi connectivity index (χ1) is 12.4. The predicted octanol–water partition coefficient (Wildman–Crippen LogP) is 1.53. The number of nitriles is 1. The molecular weight excluding hydrogens is 330 g/mol. The SMILES string of the molecule is Cc1cc(N2CCN(C(=O)c3c[nH]c(=O)c(C#N)c3C)CC2)cc(C)n1. The third-order valence-corrected chi connectivity index (χ3v) is 4.69. The summed E-state index contributed by atoms with van der Waals surface area (Å²) in [6.07, 6.45) is 1.41. The van der Waals surface area contributed by atoms with Gasteiger partial charge in [0.05, 0.1) is 5.56 Å². The molecule has 134 valence electrons. The Labute approximate surface area is 151 Å². The number of anilines is 1. The number of pyridine rings is 2. The minimum Gasteiger partial charge on any atom is -0.368 e. The van der Waals surface area contributed by atoms with E-state index in [1.807, 2.05) is 19.9 Å². The van der Waals surface area contributed by atoms with Crippen LogP contribution in [0.5, 0.6) is 0 Å². The lowest BCUT2D eigenvalue weighted by Gasteiger charge is -2.36. The van der Waals surface area contributed by atoms with Gasteiger partial charge in [-0.1, -0.05) is 0 Å². The minimum atomic E-state index is -0.463. The fourth-order valence-electron chi connectivity index (χ4n) is 3.31. The Morgan fingerprint density at radius 2 is 1.77 bits per heavy atom. The average Bonchev–Trinajstić information content (AvgIpc) is 2.61. The van der Waals surface area contributed by atoms with Crippen molar-refractivity contribution in [3.05, 3.63) is 56.8 Å². The molecule has 0 spiro atoms. The van der Waals surface area contributed by atoms with Gasteiger partial charge < -0.3 is 14.8 Å². The number of aromatic amines is 1. The van der Waals surface area contributed by atoms with E-state index in [2.05, 4.69) is 27.0 Å². The van der Waals surface area contributed by atoms with Gasteiger partial charge in [-0.25, -0.2) is 0 Å². The summed E-state index contributed by atoms with van der Waals surface area (Å²) in [6.45, 7) is 8.20. The van der Waals surface area contributed by atoms with Gasteiger partial charge in [0.15, 0.2) is 0 Å². The van der Waals surface area contributed by atoms with Crippen LogP contribution in [-0.4, -0.2) is 47.0 Å². The molecule has 1 aliphatic heterocycles. The molecule has 2 aromatic rings. The van der Waals surface area contributed by atoms with Gasteiger partial charge in [0, 0.05) is 49.5 Å². The van der Waals surface area contributed by atoms with Crippen LogP contribution in [0.1, 0.15) is 32.9 Å². The van der Waals surface area contributed by atoms with Crippen LogP contribution in [-0.2, 0) is 0 Å². The van der Waals surface area contributed by atoms with Gasteiger partial charge in [0.25, 0.3) is 11.5 Å². The van der Waals surface area contributed by atoms with Crippen molar-refractivity contribution in [2.45, 2.75) is 20.8 Å². The number of aryl methyl sites for hydroxylation is 2. The van der Waals surface area contributed by atoms with Crippen molar-refractivity contribution in [2.75, 3.05) is 31.1 Å². The zero-order valence-corrected chi connectivity index (χ0v) is 15.2. The van der Waals surface area contributed by atoms with Crippen LogP contribution in [0.25, 0.3) is 0 Å². The van der Waals surface area contributed by atoms with E-state index < -0.39 is 5.56 Å². The van der Waals surface area contributed by atoms with Crippen LogP contribution in [0, 0.1) is 32.1 Å². The first-order valence-electron chi connectivity index (χ1n) is 8.52. The minimum absolute atomic E-state index is 0.00257. The van der Waals surface area contributed by atoms with Gasteiger partial charge in [-0.3, -0.25) is 14.6 Å². The highest BCUT2D eigenvalue weighted by Gasteiger charge is 2.25. The van der Waals surface area contributed by atoms with Crippen molar-refractivity contribution in [1.82, 2.24) is 14.9 Å². The van der Waals surface area contributed by atoms with E-state index in [1.54, 1.807) is 11.8 Å². The molecule has 1 aliphatic rings. The summed E-state index contributed by atoms with van der Waals surface area (Å²) in [5, 5.41) is 9.11. The molecule has 7 heteroatoms. The monoisotopic (exact) mass is 351 g/mol. The Bertz CT molecular complexity index is 929. The molecule has 2 aromatic heterocycles. The number of hydrogen-bond acceptors (Lipinski definition) is 5. The molecule has 0 aliphatic carbocycles. The second kappa shape index (κ2) is 7.00. The lowest BCUT2D eigenvalue weighted by molar-refractivity contribution is 0.0745. The first kappa shape index (κ1) is 17.7. The number of aromatic nitrogens is 2. The topological polar surface area (TPSA) is 93.1 Å². The van der Waals surface area contributed by atoms with Crippen LogP contribution in [0.2, 0.25) is 0 Å². The maximum absolute atomic E-state index is 12.8. The third-order valence-electron chi connectivity index (χ3n) is 4.69. The van der Waals surface area contributed by atoms with Crippen LogP contribution < -0.4 is 10.5 Å². The van der Waals surface area contributed by atoms with E-state index in [0.29, 0.717) is 24.2 Å². The highest BCUT2D eigenvalue weighted by Crippen LogP contribution is 2.20. The van der Waals surface area contributed by atoms with Crippen LogP contribution in [0.4, 0.5) is 5.69 Å². The summed E-state index contributed by atoms with van der Waals surface area (Å²) < 4.78 is 0. The number of nitrogens with one attached hydrogen (secondary N) is 1. The normalized spacial score (nSPS) is 14.2. The molecule has 0 radical (unpaired) electrons. The number of piperazine rings is 1. The molecule has 0 unspecified atom stereocenters. The Kier molecular flexibility index (Phi) is 4.76. The smallest absolute Gasteiger partial charge is 0.266 e. The van der Waals surface area contributed by atoms with Crippen molar-refractivity contribution >= 4 is 11.6 Å². The first-order valence-corrected chi connectivity index (χ1v) is 8.52. The number of nitrogens with zero attached hydrogens (tertiary/aromatic N) is 4. The molecule has 3 rings (SSSR count). The van der Waals surface area contributed by atoms with E-state index in [0.717, 1.165) is 30.2 Å². The van der Waals surface area contributed by atoms with Crippen LogP contribution in [0.3, 0.4) is 0 Å². The average molecular weight is 351 g/mol. The van der Waals surface area contributed by atoms with Crippen molar-refractivity contribution in [2.24, 2.45) is 0 Å². The number of amides is 1. The number of H-pyrrole nitrogens is 1. The standard InChI is InChI=1S/C19H21N5O2/c1-12-8-15(9-13(2)22-12)23-4-6-24(7-5-23)19(26)17-11-21-18(25)16(10-20)14(17)3/h8-9,11H,4-7H2,1-3H3,(H,21,25). The van der Waals surface area contributed by atoms with E-state index >= 15 is 0 Å². The van der Waals surface area contributed by atoms with Crippen molar-refractivity contribution in [3.63, 3.8) is 0 Å². The Morgan fingerprint density at radius 1 is 1.15 bits per heavy atom. The van der Waals surface area contributed by atoms with Gasteiger partial charge in [-0.05, 0) is 38.5 Å². The second-order valence-electron chi connectivity index (χ2n) is 6.53. The van der Waals surface area contributed by atoms with Crippen molar-refractivity contribution in [3.8, 4) is 6.07 Å². The van der Waals surface area contributed by atoms with Gasteiger partial charge in [0.1, 0.15) is 11.6 Å². The second-order valence-corrected chi connectivity index (χ2v) is 6.53. The zero-order valence-electron chi connectivity index (χ0n) is 15.2. The molecule has 1 saturated heterocycles. The van der Waals surface area contributed by atoms with Gasteiger partial charge in [-0.2, -0.15) is 5.26 Å². The van der Waals surface area contributed by atoms with Crippen LogP contribution in [0.15, 0.2) is 23.1 Å². The molecule has 0 atom stereocenters. The predicted molar refractivity (Wildman–Crippen MR) is 98.3 cm³/mol. The maximum atomic E-state index is 12.8. The van der Waals surface area contributed by atoms with E-state index in [9.17, 15) is 9.59 Å². The summed E-state index contributed by atoms with van der Waals surface area (Å²) in [6, 6.07) is 5.97. The Balaban J connectivity index is 1.75. The lowest BCUT2D eigenvalue weighted by atomic mass is 10.1. The highest BCUT2D eigenvalue weighted by molar-refractivity contribution is 5.96. The van der Waals surface area contributed by atoms with E-state index in [4.69, 9.17) is 5.26 Å². The quantitative estimate of drug-likeness (QED) is 0.886. The van der Waals surface area contributed by atoms with E-state index in [-0.39, 0.29) is 11.5 Å². The van der Waals surface area contributed by atoms with Gasteiger partial charge >= 0.3 is 0 Å².